The highest BCUT2D eigenvalue weighted by Crippen LogP contribution is 1.99. The minimum atomic E-state index is 0.151. The molecular weight excluding hydrogens is 218 g/mol. The molecule has 3 heteroatoms. The summed E-state index contributed by atoms with van der Waals surface area (Å²) in [4.78, 5) is 11.4. The Kier molecular flexibility index (Phi) is 6.74. The van der Waals surface area contributed by atoms with Crippen molar-refractivity contribution in [3.05, 3.63) is 35.9 Å². The van der Waals surface area contributed by atoms with E-state index < -0.39 is 0 Å². The van der Waals surface area contributed by atoms with Gasteiger partial charge in [0.1, 0.15) is 0 Å². The molecule has 0 fully saturated rings. The number of rotatable bonds is 7. The molecule has 2 nitrogen and oxygen atoms in total. The van der Waals surface area contributed by atoms with E-state index in [1.807, 2.05) is 18.2 Å². The minimum absolute atomic E-state index is 0.151. The summed E-state index contributed by atoms with van der Waals surface area (Å²) < 4.78 is 0. The van der Waals surface area contributed by atoms with Gasteiger partial charge in [0.25, 0.3) is 0 Å². The molecule has 1 rings (SSSR count). The Balaban J connectivity index is 2.09. The Labute approximate surface area is 103 Å². The maximum Gasteiger partial charge on any atom is 0.220 e. The number of hydrogen-bond donors (Lipinski definition) is 2. The van der Waals surface area contributed by atoms with Gasteiger partial charge in [-0.2, -0.15) is 12.6 Å². The zero-order valence-corrected chi connectivity index (χ0v) is 10.4. The second kappa shape index (κ2) is 8.22. The molecule has 0 aliphatic rings. The monoisotopic (exact) mass is 237 g/mol. The van der Waals surface area contributed by atoms with Crippen LogP contribution in [0, 0.1) is 0 Å². The number of thiol groups is 1. The van der Waals surface area contributed by atoms with Crippen molar-refractivity contribution >= 4 is 18.5 Å². The SMILES string of the molecule is O=C(CCCCS)NCCc1ccccc1. The average molecular weight is 237 g/mol. The van der Waals surface area contributed by atoms with Crippen LogP contribution in [0.1, 0.15) is 24.8 Å². The van der Waals surface area contributed by atoms with E-state index in [9.17, 15) is 4.79 Å². The van der Waals surface area contributed by atoms with Crippen molar-refractivity contribution in [1.82, 2.24) is 5.32 Å². The van der Waals surface area contributed by atoms with Gasteiger partial charge in [-0.25, -0.2) is 0 Å². The van der Waals surface area contributed by atoms with Crippen molar-refractivity contribution in [2.24, 2.45) is 0 Å². The third kappa shape index (κ3) is 5.81. The van der Waals surface area contributed by atoms with Crippen LogP contribution in [0.2, 0.25) is 0 Å². The van der Waals surface area contributed by atoms with Gasteiger partial charge < -0.3 is 5.32 Å². The summed E-state index contributed by atoms with van der Waals surface area (Å²) >= 11 is 4.11. The van der Waals surface area contributed by atoms with Gasteiger partial charge in [0.15, 0.2) is 0 Å². The van der Waals surface area contributed by atoms with Gasteiger partial charge in [0.05, 0.1) is 0 Å². The molecular formula is C13H19NOS. The van der Waals surface area contributed by atoms with Gasteiger partial charge in [-0.05, 0) is 30.6 Å². The first-order chi connectivity index (χ1) is 7.83. The Morgan fingerprint density at radius 3 is 2.62 bits per heavy atom. The molecule has 0 spiro atoms. The van der Waals surface area contributed by atoms with Crippen molar-refractivity contribution in [2.75, 3.05) is 12.3 Å². The molecule has 88 valence electrons. The zero-order chi connectivity index (χ0) is 11.6. The van der Waals surface area contributed by atoms with E-state index in [0.29, 0.717) is 6.42 Å². The molecule has 1 aromatic carbocycles. The average Bonchev–Trinajstić information content (AvgIpc) is 2.31. The fourth-order valence-electron chi connectivity index (χ4n) is 1.48. The molecule has 0 bridgehead atoms. The van der Waals surface area contributed by atoms with Crippen LogP contribution in [-0.4, -0.2) is 18.2 Å². The molecule has 1 amide bonds. The van der Waals surface area contributed by atoms with E-state index in [-0.39, 0.29) is 5.91 Å². The fraction of sp³-hybridized carbons (Fsp3) is 0.462. The van der Waals surface area contributed by atoms with E-state index in [1.165, 1.54) is 5.56 Å². The van der Waals surface area contributed by atoms with Gasteiger partial charge in [0.2, 0.25) is 5.91 Å². The highest BCUT2D eigenvalue weighted by Gasteiger charge is 1.99. The van der Waals surface area contributed by atoms with Crippen molar-refractivity contribution in [3.8, 4) is 0 Å². The number of carbonyl (C=O) groups is 1. The van der Waals surface area contributed by atoms with Gasteiger partial charge in [0, 0.05) is 13.0 Å². The van der Waals surface area contributed by atoms with Gasteiger partial charge in [-0.3, -0.25) is 4.79 Å². The van der Waals surface area contributed by atoms with Crippen molar-refractivity contribution in [2.45, 2.75) is 25.7 Å². The van der Waals surface area contributed by atoms with E-state index in [1.54, 1.807) is 0 Å². The molecule has 0 heterocycles. The number of benzene rings is 1. The summed E-state index contributed by atoms with van der Waals surface area (Å²) in [6.45, 7) is 0.726. The molecule has 0 unspecified atom stereocenters. The fourth-order valence-corrected chi connectivity index (χ4v) is 1.70. The highest BCUT2D eigenvalue weighted by molar-refractivity contribution is 7.80. The van der Waals surface area contributed by atoms with Crippen LogP contribution in [-0.2, 0) is 11.2 Å². The second-order valence-corrected chi connectivity index (χ2v) is 4.21. The standard InChI is InChI=1S/C13H19NOS/c15-13(8-4-5-11-16)14-10-9-12-6-2-1-3-7-12/h1-3,6-7,16H,4-5,8-11H2,(H,14,15). The Morgan fingerprint density at radius 2 is 1.94 bits per heavy atom. The Morgan fingerprint density at radius 1 is 1.19 bits per heavy atom. The maximum absolute atomic E-state index is 11.4. The number of carbonyl (C=O) groups excluding carboxylic acids is 1. The van der Waals surface area contributed by atoms with Gasteiger partial charge >= 0.3 is 0 Å². The molecule has 1 aromatic rings. The lowest BCUT2D eigenvalue weighted by Crippen LogP contribution is -2.25. The van der Waals surface area contributed by atoms with Gasteiger partial charge in [-0.1, -0.05) is 30.3 Å². The second-order valence-electron chi connectivity index (χ2n) is 3.77. The summed E-state index contributed by atoms with van der Waals surface area (Å²) in [6, 6.07) is 10.2. The first-order valence-corrected chi connectivity index (χ1v) is 6.37. The third-order valence-corrected chi connectivity index (χ3v) is 2.71. The Bertz CT molecular complexity index is 300. The number of nitrogens with one attached hydrogen (secondary N) is 1. The lowest BCUT2D eigenvalue weighted by molar-refractivity contribution is -0.121. The number of unbranched alkanes of at least 4 members (excludes halogenated alkanes) is 1. The largest absolute Gasteiger partial charge is 0.356 e. The quantitative estimate of drug-likeness (QED) is 0.553. The molecule has 16 heavy (non-hydrogen) atoms. The summed E-state index contributed by atoms with van der Waals surface area (Å²) in [6.07, 6.45) is 3.46. The van der Waals surface area contributed by atoms with Crippen LogP contribution in [0.4, 0.5) is 0 Å². The first-order valence-electron chi connectivity index (χ1n) is 5.74. The van der Waals surface area contributed by atoms with Crippen molar-refractivity contribution < 1.29 is 4.79 Å². The summed E-state index contributed by atoms with van der Waals surface area (Å²) in [7, 11) is 0. The molecule has 0 saturated heterocycles. The first kappa shape index (κ1) is 13.1. The van der Waals surface area contributed by atoms with Crippen LogP contribution < -0.4 is 5.32 Å². The molecule has 0 atom stereocenters. The van der Waals surface area contributed by atoms with Crippen LogP contribution in [0.5, 0.6) is 0 Å². The smallest absolute Gasteiger partial charge is 0.220 e. The summed E-state index contributed by atoms with van der Waals surface area (Å²) in [5, 5.41) is 2.93. The predicted molar refractivity (Wildman–Crippen MR) is 70.9 cm³/mol. The Hall–Kier alpha value is -0.960. The van der Waals surface area contributed by atoms with E-state index in [2.05, 4.69) is 30.1 Å². The number of amides is 1. The minimum Gasteiger partial charge on any atom is -0.356 e. The lowest BCUT2D eigenvalue weighted by atomic mass is 10.1. The van der Waals surface area contributed by atoms with E-state index in [0.717, 1.165) is 31.6 Å². The molecule has 1 N–H and O–H groups in total. The van der Waals surface area contributed by atoms with Crippen LogP contribution in [0.15, 0.2) is 30.3 Å². The van der Waals surface area contributed by atoms with E-state index in [4.69, 9.17) is 0 Å². The zero-order valence-electron chi connectivity index (χ0n) is 9.48. The molecule has 0 radical (unpaired) electrons. The summed E-state index contributed by atoms with van der Waals surface area (Å²) in [5.41, 5.74) is 1.26. The van der Waals surface area contributed by atoms with E-state index >= 15 is 0 Å². The van der Waals surface area contributed by atoms with Crippen LogP contribution in [0.25, 0.3) is 0 Å². The van der Waals surface area contributed by atoms with Gasteiger partial charge in [-0.15, -0.1) is 0 Å². The van der Waals surface area contributed by atoms with Crippen molar-refractivity contribution in [3.63, 3.8) is 0 Å². The highest BCUT2D eigenvalue weighted by atomic mass is 32.1. The molecule has 0 aromatic heterocycles. The maximum atomic E-state index is 11.4. The molecule has 0 saturated carbocycles. The van der Waals surface area contributed by atoms with Crippen LogP contribution in [0.3, 0.4) is 0 Å². The van der Waals surface area contributed by atoms with Crippen molar-refractivity contribution in [1.29, 1.82) is 0 Å². The topological polar surface area (TPSA) is 29.1 Å². The third-order valence-electron chi connectivity index (χ3n) is 2.39. The lowest BCUT2D eigenvalue weighted by Gasteiger charge is -2.04. The predicted octanol–water partition coefficient (Wildman–Crippen LogP) is 2.45. The number of hydrogen-bond acceptors (Lipinski definition) is 2. The summed E-state index contributed by atoms with van der Waals surface area (Å²) in [5.74, 6) is 1.01. The molecule has 0 aliphatic carbocycles. The normalized spacial score (nSPS) is 10.1. The molecule has 0 aliphatic heterocycles. The van der Waals surface area contributed by atoms with Crippen LogP contribution >= 0.6 is 12.6 Å².